The predicted octanol–water partition coefficient (Wildman–Crippen LogP) is 3.27. The molecular formula is C10H7BrClN3O. The van der Waals surface area contributed by atoms with Gasteiger partial charge in [-0.05, 0) is 18.2 Å². The first-order valence-electron chi connectivity index (χ1n) is 4.35. The number of anilines is 1. The van der Waals surface area contributed by atoms with Crippen LogP contribution in [0.1, 0.15) is 0 Å². The highest BCUT2D eigenvalue weighted by molar-refractivity contribution is 9.10. The summed E-state index contributed by atoms with van der Waals surface area (Å²) < 4.78 is 6.32. The lowest BCUT2D eigenvalue weighted by molar-refractivity contribution is 0.461. The van der Waals surface area contributed by atoms with Crippen LogP contribution in [0, 0.1) is 0 Å². The van der Waals surface area contributed by atoms with Crippen LogP contribution in [0.5, 0.6) is 11.6 Å². The van der Waals surface area contributed by atoms with Crippen molar-refractivity contribution in [2.45, 2.75) is 0 Å². The number of hydrogen-bond acceptors (Lipinski definition) is 4. The number of rotatable bonds is 2. The molecule has 0 fully saturated rings. The molecule has 2 N–H and O–H groups in total. The number of halogens is 2. The molecule has 1 aromatic heterocycles. The van der Waals surface area contributed by atoms with Gasteiger partial charge in [-0.2, -0.15) is 4.98 Å². The van der Waals surface area contributed by atoms with Gasteiger partial charge in [0, 0.05) is 4.47 Å². The van der Waals surface area contributed by atoms with E-state index in [-0.39, 0.29) is 0 Å². The molecule has 4 nitrogen and oxygen atoms in total. The summed E-state index contributed by atoms with van der Waals surface area (Å²) in [4.78, 5) is 7.82. The van der Waals surface area contributed by atoms with Gasteiger partial charge in [-0.15, -0.1) is 0 Å². The molecule has 16 heavy (non-hydrogen) atoms. The Morgan fingerprint density at radius 1 is 1.31 bits per heavy atom. The number of hydrogen-bond donors (Lipinski definition) is 1. The molecule has 1 aromatic carbocycles. The number of nitrogen functional groups attached to an aromatic ring is 1. The maximum absolute atomic E-state index is 5.98. The van der Waals surface area contributed by atoms with Gasteiger partial charge in [-0.1, -0.05) is 27.5 Å². The van der Waals surface area contributed by atoms with E-state index < -0.39 is 0 Å². The summed E-state index contributed by atoms with van der Waals surface area (Å²) in [5.74, 6) is 1.11. The van der Waals surface area contributed by atoms with E-state index >= 15 is 0 Å². The van der Waals surface area contributed by atoms with E-state index in [0.29, 0.717) is 22.5 Å². The predicted molar refractivity (Wildman–Crippen MR) is 65.7 cm³/mol. The van der Waals surface area contributed by atoms with Crippen molar-refractivity contribution in [1.82, 2.24) is 9.97 Å². The summed E-state index contributed by atoms with van der Waals surface area (Å²) >= 11 is 9.29. The van der Waals surface area contributed by atoms with Crippen LogP contribution < -0.4 is 10.5 Å². The number of benzene rings is 1. The Kier molecular flexibility index (Phi) is 3.26. The van der Waals surface area contributed by atoms with Gasteiger partial charge >= 0.3 is 0 Å². The van der Waals surface area contributed by atoms with Crippen molar-refractivity contribution in [2.75, 3.05) is 5.73 Å². The molecule has 0 bridgehead atoms. The first kappa shape index (κ1) is 11.2. The lowest BCUT2D eigenvalue weighted by Gasteiger charge is -2.06. The third kappa shape index (κ3) is 2.62. The van der Waals surface area contributed by atoms with Crippen LogP contribution in [-0.2, 0) is 0 Å². The number of aromatic nitrogens is 2. The molecule has 82 valence electrons. The minimum absolute atomic E-state index is 0.297. The molecule has 0 unspecified atom stereocenters. The summed E-state index contributed by atoms with van der Waals surface area (Å²) in [5.41, 5.74) is 5.48. The molecule has 0 aliphatic rings. The summed E-state index contributed by atoms with van der Waals surface area (Å²) in [6.07, 6.45) is 2.91. The van der Waals surface area contributed by atoms with Gasteiger partial charge < -0.3 is 10.5 Å². The van der Waals surface area contributed by atoms with Crippen molar-refractivity contribution in [1.29, 1.82) is 0 Å². The van der Waals surface area contributed by atoms with E-state index in [0.717, 1.165) is 4.47 Å². The van der Waals surface area contributed by atoms with Gasteiger partial charge in [0.05, 0.1) is 17.4 Å². The van der Waals surface area contributed by atoms with Crippen LogP contribution in [-0.4, -0.2) is 9.97 Å². The first-order valence-corrected chi connectivity index (χ1v) is 5.52. The Bertz CT molecular complexity index is 521. The minimum Gasteiger partial charge on any atom is -0.436 e. The maximum Gasteiger partial charge on any atom is 0.239 e. The molecule has 0 spiro atoms. The third-order valence-corrected chi connectivity index (χ3v) is 2.53. The van der Waals surface area contributed by atoms with Gasteiger partial charge in [0.2, 0.25) is 5.88 Å². The Morgan fingerprint density at radius 2 is 2.12 bits per heavy atom. The van der Waals surface area contributed by atoms with Gasteiger partial charge in [0.15, 0.2) is 0 Å². The minimum atomic E-state index is 0.297. The zero-order chi connectivity index (χ0) is 11.5. The molecule has 0 aliphatic carbocycles. The van der Waals surface area contributed by atoms with Gasteiger partial charge in [0.25, 0.3) is 0 Å². The Hall–Kier alpha value is -1.33. The van der Waals surface area contributed by atoms with Gasteiger partial charge in [-0.3, -0.25) is 4.98 Å². The van der Waals surface area contributed by atoms with E-state index in [1.54, 1.807) is 12.1 Å². The second-order valence-corrected chi connectivity index (χ2v) is 4.28. The number of nitrogens with two attached hydrogens (primary N) is 1. The monoisotopic (exact) mass is 299 g/mol. The molecule has 0 amide bonds. The Balaban J connectivity index is 2.27. The summed E-state index contributed by atoms with van der Waals surface area (Å²) in [7, 11) is 0. The lowest BCUT2D eigenvalue weighted by Crippen LogP contribution is -1.94. The highest BCUT2D eigenvalue weighted by Crippen LogP contribution is 2.30. The van der Waals surface area contributed by atoms with Crippen LogP contribution in [0.25, 0.3) is 0 Å². The molecule has 0 radical (unpaired) electrons. The van der Waals surface area contributed by atoms with Crippen LogP contribution in [0.3, 0.4) is 0 Å². The average molecular weight is 301 g/mol. The summed E-state index contributed by atoms with van der Waals surface area (Å²) in [5, 5.41) is 0.485. The highest BCUT2D eigenvalue weighted by Gasteiger charge is 2.05. The van der Waals surface area contributed by atoms with E-state index in [4.69, 9.17) is 22.1 Å². The first-order chi connectivity index (χ1) is 7.65. The number of nitrogens with zero attached hydrogens (tertiary/aromatic N) is 2. The molecule has 1 heterocycles. The van der Waals surface area contributed by atoms with Gasteiger partial charge in [0.1, 0.15) is 11.6 Å². The average Bonchev–Trinajstić information content (AvgIpc) is 2.22. The molecule has 0 atom stereocenters. The largest absolute Gasteiger partial charge is 0.436 e. The fraction of sp³-hybridized carbons (Fsp3) is 0. The van der Waals surface area contributed by atoms with Crippen molar-refractivity contribution in [3.8, 4) is 11.6 Å². The topological polar surface area (TPSA) is 61.0 Å². The Labute approximate surface area is 106 Å². The second-order valence-electron chi connectivity index (χ2n) is 2.96. The Morgan fingerprint density at radius 3 is 2.81 bits per heavy atom. The summed E-state index contributed by atoms with van der Waals surface area (Å²) in [6, 6.07) is 5.29. The SMILES string of the molecule is Nc1cncc(Oc2ccc(Br)cc2Cl)n1. The van der Waals surface area contributed by atoms with Crippen molar-refractivity contribution < 1.29 is 4.74 Å². The quantitative estimate of drug-likeness (QED) is 0.924. The van der Waals surface area contributed by atoms with E-state index in [1.165, 1.54) is 12.4 Å². The molecule has 2 aromatic rings. The van der Waals surface area contributed by atoms with Crippen LogP contribution in [0.2, 0.25) is 5.02 Å². The fourth-order valence-electron chi connectivity index (χ4n) is 1.08. The van der Waals surface area contributed by atoms with Crippen LogP contribution in [0.4, 0.5) is 5.82 Å². The molecule has 0 saturated carbocycles. The van der Waals surface area contributed by atoms with Crippen molar-refractivity contribution in [2.24, 2.45) is 0 Å². The molecule has 6 heteroatoms. The van der Waals surface area contributed by atoms with Gasteiger partial charge in [-0.25, -0.2) is 0 Å². The molecule has 0 aliphatic heterocycles. The van der Waals surface area contributed by atoms with Crippen molar-refractivity contribution in [3.05, 3.63) is 40.1 Å². The number of ether oxygens (including phenoxy) is 1. The zero-order valence-electron chi connectivity index (χ0n) is 8.02. The highest BCUT2D eigenvalue weighted by atomic mass is 79.9. The molecule has 2 rings (SSSR count). The van der Waals surface area contributed by atoms with Crippen LogP contribution >= 0.6 is 27.5 Å². The standard InChI is InChI=1S/C10H7BrClN3O/c11-6-1-2-8(7(12)3-6)16-10-5-14-4-9(13)15-10/h1-5H,(H2,13,15). The molecular weight excluding hydrogens is 293 g/mol. The van der Waals surface area contributed by atoms with Crippen molar-refractivity contribution >= 4 is 33.3 Å². The summed E-state index contributed by atoms with van der Waals surface area (Å²) in [6.45, 7) is 0. The van der Waals surface area contributed by atoms with E-state index in [1.807, 2.05) is 6.07 Å². The second kappa shape index (κ2) is 4.67. The lowest BCUT2D eigenvalue weighted by atomic mass is 10.3. The smallest absolute Gasteiger partial charge is 0.239 e. The fourth-order valence-corrected chi connectivity index (χ4v) is 1.79. The maximum atomic E-state index is 5.98. The zero-order valence-corrected chi connectivity index (χ0v) is 10.4. The van der Waals surface area contributed by atoms with E-state index in [9.17, 15) is 0 Å². The van der Waals surface area contributed by atoms with E-state index in [2.05, 4.69) is 25.9 Å². The van der Waals surface area contributed by atoms with Crippen molar-refractivity contribution in [3.63, 3.8) is 0 Å². The van der Waals surface area contributed by atoms with Crippen LogP contribution in [0.15, 0.2) is 35.1 Å². The third-order valence-electron chi connectivity index (χ3n) is 1.74. The molecule has 0 saturated heterocycles. The normalized spacial score (nSPS) is 10.1.